The fourth-order valence-corrected chi connectivity index (χ4v) is 2.63. The largest absolute Gasteiger partial charge is 0.370 e. The number of nitrogens with one attached hydrogen (secondary N) is 1. The minimum absolute atomic E-state index is 0.0938. The van der Waals surface area contributed by atoms with Gasteiger partial charge in [-0.3, -0.25) is 9.78 Å². The molecule has 0 bridgehead atoms. The lowest BCUT2D eigenvalue weighted by atomic mass is 10.1. The standard InChI is InChI=1S/C17H20N2O2/c20-15(12-21-16-7-9-18-10-8-16)11-14-6-5-13-3-1-2-4-17(13)19-14/h1-6,16,18H,7-12H2. The van der Waals surface area contributed by atoms with E-state index in [0.29, 0.717) is 6.42 Å². The Labute approximate surface area is 124 Å². The van der Waals surface area contributed by atoms with Crippen LogP contribution in [0.15, 0.2) is 36.4 Å². The van der Waals surface area contributed by atoms with Gasteiger partial charge < -0.3 is 10.1 Å². The molecule has 1 fully saturated rings. The summed E-state index contributed by atoms with van der Waals surface area (Å²) in [5.41, 5.74) is 1.75. The molecule has 4 heteroatoms. The molecule has 2 heterocycles. The molecule has 1 aromatic carbocycles. The third-order valence-electron chi connectivity index (χ3n) is 3.80. The number of ketones is 1. The number of fused-ring (bicyclic) bond motifs is 1. The summed E-state index contributed by atoms with van der Waals surface area (Å²) in [5, 5.41) is 4.38. The molecule has 21 heavy (non-hydrogen) atoms. The normalized spacial score (nSPS) is 16.2. The van der Waals surface area contributed by atoms with Gasteiger partial charge in [0.05, 0.1) is 18.0 Å². The molecule has 0 aliphatic carbocycles. The van der Waals surface area contributed by atoms with E-state index in [1.165, 1.54) is 0 Å². The van der Waals surface area contributed by atoms with Crippen molar-refractivity contribution in [1.82, 2.24) is 10.3 Å². The number of para-hydroxylation sites is 1. The number of ether oxygens (including phenoxy) is 1. The Kier molecular flexibility index (Phi) is 4.58. The Morgan fingerprint density at radius 2 is 2.00 bits per heavy atom. The van der Waals surface area contributed by atoms with Crippen molar-refractivity contribution in [3.63, 3.8) is 0 Å². The van der Waals surface area contributed by atoms with Gasteiger partial charge in [-0.1, -0.05) is 24.3 Å². The highest BCUT2D eigenvalue weighted by molar-refractivity contribution is 5.83. The Balaban J connectivity index is 1.55. The number of Topliss-reactive ketones (excluding diaryl/α,β-unsaturated/α-hetero) is 1. The van der Waals surface area contributed by atoms with E-state index in [2.05, 4.69) is 10.3 Å². The molecule has 1 saturated heterocycles. The van der Waals surface area contributed by atoms with Crippen LogP contribution in [0.25, 0.3) is 10.9 Å². The summed E-state index contributed by atoms with van der Waals surface area (Å²) in [6.45, 7) is 2.15. The number of hydrogen-bond acceptors (Lipinski definition) is 4. The van der Waals surface area contributed by atoms with Gasteiger partial charge in [-0.05, 0) is 38.1 Å². The molecule has 0 atom stereocenters. The molecule has 0 radical (unpaired) electrons. The lowest BCUT2D eigenvalue weighted by Gasteiger charge is -2.22. The highest BCUT2D eigenvalue weighted by atomic mass is 16.5. The third-order valence-corrected chi connectivity index (χ3v) is 3.80. The summed E-state index contributed by atoms with van der Waals surface area (Å²) in [4.78, 5) is 16.5. The van der Waals surface area contributed by atoms with Gasteiger partial charge in [0.25, 0.3) is 0 Å². The first kappa shape index (κ1) is 14.2. The topological polar surface area (TPSA) is 51.2 Å². The molecule has 0 saturated carbocycles. The number of carbonyl (C=O) groups is 1. The monoisotopic (exact) mass is 284 g/mol. The molecule has 110 valence electrons. The number of nitrogens with zero attached hydrogens (tertiary/aromatic N) is 1. The van der Waals surface area contributed by atoms with Crippen LogP contribution in [0.1, 0.15) is 18.5 Å². The van der Waals surface area contributed by atoms with E-state index >= 15 is 0 Å². The van der Waals surface area contributed by atoms with Gasteiger partial charge in [0, 0.05) is 11.1 Å². The predicted molar refractivity (Wildman–Crippen MR) is 82.3 cm³/mol. The van der Waals surface area contributed by atoms with Crippen LogP contribution in [-0.2, 0) is 16.0 Å². The van der Waals surface area contributed by atoms with Gasteiger partial charge >= 0.3 is 0 Å². The van der Waals surface area contributed by atoms with E-state index in [9.17, 15) is 4.79 Å². The van der Waals surface area contributed by atoms with Gasteiger partial charge in [-0.15, -0.1) is 0 Å². The Hall–Kier alpha value is -1.78. The summed E-state index contributed by atoms with van der Waals surface area (Å²) in [7, 11) is 0. The van der Waals surface area contributed by atoms with E-state index in [0.717, 1.165) is 42.5 Å². The summed E-state index contributed by atoms with van der Waals surface area (Å²) in [5.74, 6) is 0.0938. The number of aromatic nitrogens is 1. The minimum atomic E-state index is 0.0938. The van der Waals surface area contributed by atoms with Gasteiger partial charge in [0.15, 0.2) is 5.78 Å². The van der Waals surface area contributed by atoms with Crippen LogP contribution in [-0.4, -0.2) is 36.6 Å². The van der Waals surface area contributed by atoms with Crippen LogP contribution in [0.3, 0.4) is 0 Å². The van der Waals surface area contributed by atoms with Crippen LogP contribution in [0, 0.1) is 0 Å². The molecular formula is C17H20N2O2. The van der Waals surface area contributed by atoms with E-state index in [-0.39, 0.29) is 18.5 Å². The molecule has 0 amide bonds. The second kappa shape index (κ2) is 6.78. The number of hydrogen-bond donors (Lipinski definition) is 1. The molecule has 0 unspecified atom stereocenters. The van der Waals surface area contributed by atoms with Crippen LogP contribution in [0.4, 0.5) is 0 Å². The fourth-order valence-electron chi connectivity index (χ4n) is 2.63. The van der Waals surface area contributed by atoms with Crippen molar-refractivity contribution in [2.24, 2.45) is 0 Å². The molecule has 0 spiro atoms. The second-order valence-electron chi connectivity index (χ2n) is 5.47. The SMILES string of the molecule is O=C(COC1CCNCC1)Cc1ccc2ccccc2n1. The Bertz CT molecular complexity index is 621. The van der Waals surface area contributed by atoms with Crippen molar-refractivity contribution in [3.8, 4) is 0 Å². The lowest BCUT2D eigenvalue weighted by molar-refractivity contribution is -0.125. The molecule has 3 rings (SSSR count). The molecular weight excluding hydrogens is 264 g/mol. The molecule has 1 N–H and O–H groups in total. The van der Waals surface area contributed by atoms with Crippen LogP contribution >= 0.6 is 0 Å². The summed E-state index contributed by atoms with van der Waals surface area (Å²) >= 11 is 0. The van der Waals surface area contributed by atoms with Crippen molar-refractivity contribution in [1.29, 1.82) is 0 Å². The first-order chi connectivity index (χ1) is 10.3. The number of rotatable bonds is 5. The highest BCUT2D eigenvalue weighted by Crippen LogP contribution is 2.12. The fraction of sp³-hybridized carbons (Fsp3) is 0.412. The zero-order valence-electron chi connectivity index (χ0n) is 12.0. The average molecular weight is 284 g/mol. The first-order valence-corrected chi connectivity index (χ1v) is 7.50. The lowest BCUT2D eigenvalue weighted by Crippen LogP contribution is -2.33. The predicted octanol–water partition coefficient (Wildman–Crippen LogP) is 2.12. The van der Waals surface area contributed by atoms with E-state index in [4.69, 9.17) is 4.74 Å². The van der Waals surface area contributed by atoms with Gasteiger partial charge in [0.2, 0.25) is 0 Å². The minimum Gasteiger partial charge on any atom is -0.370 e. The van der Waals surface area contributed by atoms with Crippen molar-refractivity contribution in [2.45, 2.75) is 25.4 Å². The van der Waals surface area contributed by atoms with E-state index < -0.39 is 0 Å². The molecule has 2 aromatic rings. The summed E-state index contributed by atoms with van der Waals surface area (Å²) < 4.78 is 5.69. The highest BCUT2D eigenvalue weighted by Gasteiger charge is 2.15. The van der Waals surface area contributed by atoms with Crippen molar-refractivity contribution in [3.05, 3.63) is 42.1 Å². The maximum Gasteiger partial charge on any atom is 0.164 e. The second-order valence-corrected chi connectivity index (χ2v) is 5.47. The summed E-state index contributed by atoms with van der Waals surface area (Å²) in [6, 6.07) is 11.9. The average Bonchev–Trinajstić information content (AvgIpc) is 2.54. The number of carbonyl (C=O) groups excluding carboxylic acids is 1. The maximum absolute atomic E-state index is 12.0. The van der Waals surface area contributed by atoms with Crippen LogP contribution in [0.5, 0.6) is 0 Å². The number of piperidine rings is 1. The van der Waals surface area contributed by atoms with E-state index in [1.54, 1.807) is 0 Å². The molecule has 1 aromatic heterocycles. The van der Waals surface area contributed by atoms with Gasteiger partial charge in [0.1, 0.15) is 6.61 Å². The first-order valence-electron chi connectivity index (χ1n) is 7.50. The smallest absolute Gasteiger partial charge is 0.164 e. The van der Waals surface area contributed by atoms with Crippen molar-refractivity contribution < 1.29 is 9.53 Å². The Morgan fingerprint density at radius 1 is 1.19 bits per heavy atom. The summed E-state index contributed by atoms with van der Waals surface area (Å²) in [6.07, 6.45) is 2.54. The number of pyridine rings is 1. The quantitative estimate of drug-likeness (QED) is 0.913. The third kappa shape index (κ3) is 3.86. The van der Waals surface area contributed by atoms with Crippen molar-refractivity contribution in [2.75, 3.05) is 19.7 Å². The van der Waals surface area contributed by atoms with Crippen molar-refractivity contribution >= 4 is 16.7 Å². The molecule has 1 aliphatic heterocycles. The Morgan fingerprint density at radius 3 is 2.86 bits per heavy atom. The zero-order valence-corrected chi connectivity index (χ0v) is 12.0. The molecule has 1 aliphatic rings. The van der Waals surface area contributed by atoms with E-state index in [1.807, 2.05) is 36.4 Å². The maximum atomic E-state index is 12.0. The zero-order chi connectivity index (χ0) is 14.5. The van der Waals surface area contributed by atoms with Gasteiger partial charge in [-0.25, -0.2) is 0 Å². The van der Waals surface area contributed by atoms with Crippen LogP contribution in [0.2, 0.25) is 0 Å². The molecule has 4 nitrogen and oxygen atoms in total. The number of benzene rings is 1. The van der Waals surface area contributed by atoms with Gasteiger partial charge in [-0.2, -0.15) is 0 Å². The van der Waals surface area contributed by atoms with Crippen LogP contribution < -0.4 is 5.32 Å².